The number of esters is 1. The maximum Gasteiger partial charge on any atom is 0.439 e. The van der Waals surface area contributed by atoms with Gasteiger partial charge in [0.2, 0.25) is 0 Å². The molecule has 212 valence electrons. The summed E-state index contributed by atoms with van der Waals surface area (Å²) in [6, 6.07) is 12.9. The normalized spacial score (nSPS) is 15.8. The van der Waals surface area contributed by atoms with Gasteiger partial charge in [-0.2, -0.15) is 0 Å². The highest BCUT2D eigenvalue weighted by Crippen LogP contribution is 2.25. The van der Waals surface area contributed by atoms with E-state index in [1.807, 2.05) is 0 Å². The van der Waals surface area contributed by atoms with Crippen LogP contribution in [0.15, 0.2) is 57.8 Å². The lowest BCUT2D eigenvalue weighted by Crippen LogP contribution is -2.45. The Balaban J connectivity index is 1.29. The van der Waals surface area contributed by atoms with Crippen LogP contribution >= 0.6 is 0 Å². The molecule has 0 radical (unpaired) electrons. The molecule has 0 aliphatic carbocycles. The first-order chi connectivity index (χ1) is 19.0. The van der Waals surface area contributed by atoms with Crippen molar-refractivity contribution in [3.05, 3.63) is 64.6 Å². The molecule has 13 heteroatoms. The molecule has 1 aliphatic heterocycles. The zero-order valence-electron chi connectivity index (χ0n) is 22.5. The zero-order valence-corrected chi connectivity index (χ0v) is 22.5. The number of aromatic nitrogens is 2. The lowest BCUT2D eigenvalue weighted by Gasteiger charge is -2.22. The largest absolute Gasteiger partial charge is 0.490 e. The summed E-state index contributed by atoms with van der Waals surface area (Å²) >= 11 is 0. The lowest BCUT2D eigenvalue weighted by atomic mass is 10.1. The molecule has 2 heterocycles. The van der Waals surface area contributed by atoms with E-state index in [0.717, 1.165) is 5.56 Å². The van der Waals surface area contributed by atoms with Crippen molar-refractivity contribution in [1.29, 1.82) is 0 Å². The number of H-pyrrole nitrogens is 1. The van der Waals surface area contributed by atoms with Gasteiger partial charge in [-0.25, -0.2) is 19.2 Å². The van der Waals surface area contributed by atoms with Crippen LogP contribution in [0.3, 0.4) is 0 Å². The first-order valence-corrected chi connectivity index (χ1v) is 12.4. The highest BCUT2D eigenvalue weighted by Gasteiger charge is 2.33. The van der Waals surface area contributed by atoms with Crippen LogP contribution in [0.4, 0.5) is 15.3 Å². The molecule has 0 saturated carbocycles. The quantitative estimate of drug-likeness (QED) is 0.297. The molecule has 1 aromatic heterocycles. The van der Waals surface area contributed by atoms with Gasteiger partial charge in [0.05, 0.1) is 13.7 Å². The summed E-state index contributed by atoms with van der Waals surface area (Å²) in [5.74, 6) is -0.418. The van der Waals surface area contributed by atoms with Gasteiger partial charge in [0.1, 0.15) is 24.0 Å². The second-order valence-corrected chi connectivity index (χ2v) is 9.99. The number of hydrogen-bond donors (Lipinski definition) is 2. The van der Waals surface area contributed by atoms with E-state index in [9.17, 15) is 19.2 Å². The van der Waals surface area contributed by atoms with Crippen molar-refractivity contribution in [2.24, 2.45) is 0 Å². The van der Waals surface area contributed by atoms with Crippen LogP contribution < -0.4 is 20.7 Å². The first-order valence-electron chi connectivity index (χ1n) is 12.4. The number of nitrogens with zero attached hydrogens (tertiary/aromatic N) is 2. The van der Waals surface area contributed by atoms with E-state index < -0.39 is 41.7 Å². The second kappa shape index (κ2) is 11.9. The number of aromatic amines is 1. The van der Waals surface area contributed by atoms with Crippen LogP contribution in [0.1, 0.15) is 26.3 Å². The van der Waals surface area contributed by atoms with Crippen LogP contribution in [-0.2, 0) is 25.4 Å². The molecule has 0 spiro atoms. The van der Waals surface area contributed by atoms with Crippen molar-refractivity contribution in [1.82, 2.24) is 15.5 Å². The fourth-order valence-electron chi connectivity index (χ4n) is 3.90. The number of rotatable bonds is 9. The number of methoxy groups -OCH3 is 1. The minimum absolute atomic E-state index is 0.130. The smallest absolute Gasteiger partial charge is 0.439 e. The van der Waals surface area contributed by atoms with Crippen molar-refractivity contribution in [2.75, 3.05) is 25.2 Å². The van der Waals surface area contributed by atoms with Gasteiger partial charge in [-0.3, -0.25) is 14.4 Å². The third-order valence-corrected chi connectivity index (χ3v) is 5.74. The van der Waals surface area contributed by atoms with E-state index in [-0.39, 0.29) is 25.4 Å². The monoisotopic (exact) mass is 554 g/mol. The molecule has 3 aromatic rings. The highest BCUT2D eigenvalue weighted by atomic mass is 16.6. The van der Waals surface area contributed by atoms with Gasteiger partial charge in [-0.15, -0.1) is 0 Å². The van der Waals surface area contributed by atoms with E-state index in [2.05, 4.69) is 20.0 Å². The predicted molar refractivity (Wildman–Crippen MR) is 141 cm³/mol. The molecule has 1 fully saturated rings. The molecule has 0 bridgehead atoms. The zero-order chi connectivity index (χ0) is 28.9. The number of cyclic esters (lactones) is 1. The Morgan fingerprint density at radius 1 is 1.12 bits per heavy atom. The van der Waals surface area contributed by atoms with E-state index in [1.54, 1.807) is 69.3 Å². The average Bonchev–Trinajstić information content (AvgIpc) is 3.51. The number of nitrogens with one attached hydrogen (secondary N) is 2. The molecule has 2 amide bonds. The van der Waals surface area contributed by atoms with Crippen LogP contribution in [-0.4, -0.2) is 66.3 Å². The number of alkyl carbamates (subject to hydrolysis) is 1. The summed E-state index contributed by atoms with van der Waals surface area (Å²) in [7, 11) is 1.25. The van der Waals surface area contributed by atoms with Crippen molar-refractivity contribution in [3.8, 4) is 17.1 Å². The number of carbonyl (C=O) groups is 3. The molecule has 1 saturated heterocycles. The molecule has 40 heavy (non-hydrogen) atoms. The number of amides is 2. The third kappa shape index (κ3) is 7.40. The van der Waals surface area contributed by atoms with Gasteiger partial charge in [0.15, 0.2) is 11.9 Å². The molecule has 2 atom stereocenters. The van der Waals surface area contributed by atoms with Gasteiger partial charge in [-0.05, 0) is 62.7 Å². The molecular formula is C27H30N4O9. The number of hydrogen-bond acceptors (Lipinski definition) is 10. The van der Waals surface area contributed by atoms with Crippen molar-refractivity contribution in [3.63, 3.8) is 0 Å². The highest BCUT2D eigenvalue weighted by molar-refractivity contribution is 5.90. The Hall–Kier alpha value is -4.81. The molecule has 4 rings (SSSR count). The standard InChI is InChI=1S/C27H30N4O9/c1-27(2,3)39-24(33)28-21(23(32)36-4)13-16-5-11-19(12-6-16)37-15-20-14-31(26(35)38-20)18-9-7-17(8-10-18)22-29-25(34)40-30-22/h5-12,20-21H,13-15H2,1-4H3,(H,28,33)(H,29,30,34). The Morgan fingerprint density at radius 3 is 2.42 bits per heavy atom. The van der Waals surface area contributed by atoms with Crippen LogP contribution in [0.2, 0.25) is 0 Å². The number of carbonyl (C=O) groups excluding carboxylic acids is 3. The average molecular weight is 555 g/mol. The SMILES string of the molecule is COC(=O)C(Cc1ccc(OCC2CN(c3ccc(-c4noc(=O)[nH]4)cc3)C(=O)O2)cc1)NC(=O)OC(C)(C)C. The second-order valence-electron chi connectivity index (χ2n) is 9.99. The van der Waals surface area contributed by atoms with E-state index in [4.69, 9.17) is 18.9 Å². The van der Waals surface area contributed by atoms with Gasteiger partial charge in [0.25, 0.3) is 0 Å². The first kappa shape index (κ1) is 28.2. The summed E-state index contributed by atoms with van der Waals surface area (Å²) in [5.41, 5.74) is 1.30. The Kier molecular flexibility index (Phi) is 8.41. The Bertz CT molecular complexity index is 1390. The maximum absolute atomic E-state index is 12.4. The minimum atomic E-state index is -0.928. The van der Waals surface area contributed by atoms with Crippen molar-refractivity contribution >= 4 is 23.8 Å². The van der Waals surface area contributed by atoms with Gasteiger partial charge in [-0.1, -0.05) is 17.3 Å². The third-order valence-electron chi connectivity index (χ3n) is 5.74. The molecular weight excluding hydrogens is 524 g/mol. The summed E-state index contributed by atoms with van der Waals surface area (Å²) in [6.07, 6.45) is -1.53. The van der Waals surface area contributed by atoms with Crippen molar-refractivity contribution in [2.45, 2.75) is 44.9 Å². The maximum atomic E-state index is 12.4. The predicted octanol–water partition coefficient (Wildman–Crippen LogP) is 3.04. The molecule has 13 nitrogen and oxygen atoms in total. The fourth-order valence-corrected chi connectivity index (χ4v) is 3.90. The number of ether oxygens (including phenoxy) is 4. The Morgan fingerprint density at radius 2 is 1.82 bits per heavy atom. The summed E-state index contributed by atoms with van der Waals surface area (Å²) < 4.78 is 25.8. The topological polar surface area (TPSA) is 162 Å². The van der Waals surface area contributed by atoms with Crippen LogP contribution in [0, 0.1) is 0 Å². The molecule has 1 aliphatic rings. The number of anilines is 1. The summed E-state index contributed by atoms with van der Waals surface area (Å²) in [5, 5.41) is 6.18. The Labute approximate surface area is 229 Å². The summed E-state index contributed by atoms with van der Waals surface area (Å²) in [4.78, 5) is 51.9. The van der Waals surface area contributed by atoms with Crippen LogP contribution in [0.25, 0.3) is 11.4 Å². The minimum Gasteiger partial charge on any atom is -0.490 e. The van der Waals surface area contributed by atoms with Gasteiger partial charge in [0, 0.05) is 17.7 Å². The van der Waals surface area contributed by atoms with Gasteiger partial charge >= 0.3 is 23.9 Å². The fraction of sp³-hybridized carbons (Fsp3) is 0.370. The summed E-state index contributed by atoms with van der Waals surface area (Å²) in [6.45, 7) is 5.60. The molecule has 2 aromatic carbocycles. The van der Waals surface area contributed by atoms with E-state index in [1.165, 1.54) is 12.0 Å². The van der Waals surface area contributed by atoms with E-state index >= 15 is 0 Å². The molecule has 2 unspecified atom stereocenters. The molecule has 2 N–H and O–H groups in total. The lowest BCUT2D eigenvalue weighted by molar-refractivity contribution is -0.143. The van der Waals surface area contributed by atoms with Crippen molar-refractivity contribution < 1.29 is 37.9 Å². The van der Waals surface area contributed by atoms with E-state index in [0.29, 0.717) is 17.0 Å². The van der Waals surface area contributed by atoms with Gasteiger partial charge < -0.3 is 24.3 Å². The number of benzene rings is 2. The van der Waals surface area contributed by atoms with Crippen LogP contribution in [0.5, 0.6) is 5.75 Å².